The first kappa shape index (κ1) is 18.9. The first-order valence-corrected chi connectivity index (χ1v) is 8.06. The number of carbonyl (C=O) groups excluding carboxylic acids is 3. The number of nitrogens with one attached hydrogen (secondary N) is 2. The number of hydrogen-bond acceptors (Lipinski definition) is 8. The fourth-order valence-electron chi connectivity index (χ4n) is 1.83. The molecule has 136 valence electrons. The number of ether oxygens (including phenoxy) is 1. The number of esters is 1. The van der Waals surface area contributed by atoms with Gasteiger partial charge in [0.2, 0.25) is 0 Å². The molecule has 1 heterocycles. The lowest BCUT2D eigenvalue weighted by atomic mass is 10.1. The standard InChI is InChI=1S/C15H14N4O6S/c16-12-4-3-9(19(23)24)6-11(12)14(21)25-8-13(20)18-15(22)17-7-10-2-1-5-26-10/h1-6H,7-8,16H2,(H2,17,18,20,22). The van der Waals surface area contributed by atoms with E-state index in [4.69, 9.17) is 10.5 Å². The van der Waals surface area contributed by atoms with Gasteiger partial charge in [-0.2, -0.15) is 0 Å². The van der Waals surface area contributed by atoms with Crippen molar-refractivity contribution in [3.63, 3.8) is 0 Å². The number of imide groups is 1. The second-order valence-corrected chi connectivity index (χ2v) is 5.95. The van der Waals surface area contributed by atoms with Gasteiger partial charge in [0.25, 0.3) is 11.6 Å². The van der Waals surface area contributed by atoms with Gasteiger partial charge in [-0.05, 0) is 17.5 Å². The summed E-state index contributed by atoms with van der Waals surface area (Å²) in [4.78, 5) is 46.0. The zero-order valence-corrected chi connectivity index (χ0v) is 14.1. The Hall–Kier alpha value is -3.47. The summed E-state index contributed by atoms with van der Waals surface area (Å²) in [5.74, 6) is -1.87. The number of amides is 3. The molecule has 3 amide bonds. The van der Waals surface area contributed by atoms with Gasteiger partial charge in [-0.1, -0.05) is 6.07 Å². The van der Waals surface area contributed by atoms with Crippen molar-refractivity contribution < 1.29 is 24.0 Å². The van der Waals surface area contributed by atoms with E-state index in [9.17, 15) is 24.5 Å². The molecule has 0 fully saturated rings. The molecule has 0 aliphatic rings. The third-order valence-electron chi connectivity index (χ3n) is 3.06. The van der Waals surface area contributed by atoms with Gasteiger partial charge in [0, 0.05) is 22.7 Å². The summed E-state index contributed by atoms with van der Waals surface area (Å²) in [5, 5.41) is 17.0. The number of benzene rings is 1. The smallest absolute Gasteiger partial charge is 0.341 e. The Bertz CT molecular complexity index is 837. The fourth-order valence-corrected chi connectivity index (χ4v) is 2.48. The van der Waals surface area contributed by atoms with Crippen LogP contribution in [-0.4, -0.2) is 29.4 Å². The third kappa shape index (κ3) is 5.27. The topological polar surface area (TPSA) is 154 Å². The zero-order valence-electron chi connectivity index (χ0n) is 13.3. The first-order chi connectivity index (χ1) is 12.4. The summed E-state index contributed by atoms with van der Waals surface area (Å²) in [6, 6.07) is 6.17. The summed E-state index contributed by atoms with van der Waals surface area (Å²) in [5.41, 5.74) is 4.96. The van der Waals surface area contributed by atoms with Gasteiger partial charge < -0.3 is 15.8 Å². The van der Waals surface area contributed by atoms with Crippen LogP contribution in [0, 0.1) is 10.1 Å². The molecule has 10 nitrogen and oxygen atoms in total. The minimum Gasteiger partial charge on any atom is -0.452 e. The zero-order chi connectivity index (χ0) is 19.1. The average molecular weight is 378 g/mol. The Labute approximate surface area is 151 Å². The van der Waals surface area contributed by atoms with Crippen LogP contribution >= 0.6 is 11.3 Å². The van der Waals surface area contributed by atoms with Crippen molar-refractivity contribution in [1.29, 1.82) is 0 Å². The number of carbonyl (C=O) groups is 3. The molecule has 1 aromatic carbocycles. The Morgan fingerprint density at radius 3 is 2.69 bits per heavy atom. The molecule has 0 aliphatic heterocycles. The van der Waals surface area contributed by atoms with Crippen LogP contribution in [0.5, 0.6) is 0 Å². The van der Waals surface area contributed by atoms with Gasteiger partial charge in [-0.15, -0.1) is 11.3 Å². The first-order valence-electron chi connectivity index (χ1n) is 7.18. The van der Waals surface area contributed by atoms with Gasteiger partial charge in [0.15, 0.2) is 6.61 Å². The van der Waals surface area contributed by atoms with Crippen LogP contribution < -0.4 is 16.4 Å². The minimum atomic E-state index is -1.01. The lowest BCUT2D eigenvalue weighted by molar-refractivity contribution is -0.384. The van der Waals surface area contributed by atoms with Crippen molar-refractivity contribution in [2.45, 2.75) is 6.54 Å². The van der Waals surface area contributed by atoms with Crippen LogP contribution in [0.2, 0.25) is 0 Å². The highest BCUT2D eigenvalue weighted by Gasteiger charge is 2.18. The van der Waals surface area contributed by atoms with Crippen LogP contribution in [0.3, 0.4) is 0 Å². The number of anilines is 1. The maximum Gasteiger partial charge on any atom is 0.341 e. The number of nitrogens with two attached hydrogens (primary N) is 1. The van der Waals surface area contributed by atoms with E-state index < -0.39 is 29.4 Å². The second kappa shape index (κ2) is 8.58. The molecule has 1 aromatic heterocycles. The minimum absolute atomic E-state index is 0.0327. The SMILES string of the molecule is Nc1ccc([N+](=O)[O-])cc1C(=O)OCC(=O)NC(=O)NCc1cccs1. The van der Waals surface area contributed by atoms with Gasteiger partial charge in [-0.25, -0.2) is 9.59 Å². The van der Waals surface area contributed by atoms with Gasteiger partial charge in [0.05, 0.1) is 17.0 Å². The molecule has 2 aromatic rings. The summed E-state index contributed by atoms with van der Waals surface area (Å²) in [6.07, 6.45) is 0. The molecule has 26 heavy (non-hydrogen) atoms. The predicted octanol–water partition coefficient (Wildman–Crippen LogP) is 1.42. The molecule has 0 aliphatic carbocycles. The van der Waals surface area contributed by atoms with Gasteiger partial charge >= 0.3 is 12.0 Å². The molecule has 4 N–H and O–H groups in total. The lowest BCUT2D eigenvalue weighted by Gasteiger charge is -2.08. The summed E-state index contributed by atoms with van der Waals surface area (Å²) in [7, 11) is 0. The van der Waals surface area contributed by atoms with Crippen molar-refractivity contribution >= 4 is 40.6 Å². The Morgan fingerprint density at radius 2 is 2.04 bits per heavy atom. The number of rotatable bonds is 6. The number of thiophene rings is 1. The van der Waals surface area contributed by atoms with Crippen molar-refractivity contribution in [2.24, 2.45) is 0 Å². The van der Waals surface area contributed by atoms with E-state index in [2.05, 4.69) is 5.32 Å². The van der Waals surface area contributed by atoms with Crippen molar-refractivity contribution in [3.8, 4) is 0 Å². The van der Waals surface area contributed by atoms with Crippen molar-refractivity contribution in [2.75, 3.05) is 12.3 Å². The van der Waals surface area contributed by atoms with Crippen LogP contribution in [0.1, 0.15) is 15.2 Å². The van der Waals surface area contributed by atoms with Crippen LogP contribution in [0.15, 0.2) is 35.7 Å². The van der Waals surface area contributed by atoms with E-state index in [0.29, 0.717) is 0 Å². The molecule has 0 saturated heterocycles. The average Bonchev–Trinajstić information content (AvgIpc) is 3.11. The van der Waals surface area contributed by atoms with Crippen molar-refractivity contribution in [3.05, 3.63) is 56.3 Å². The molecule has 0 unspecified atom stereocenters. The van der Waals surface area contributed by atoms with Crippen LogP contribution in [-0.2, 0) is 16.1 Å². The molecule has 0 bridgehead atoms. The number of nitrogen functional groups attached to an aromatic ring is 1. The molecule has 2 rings (SSSR count). The number of nitrogens with zero attached hydrogens (tertiary/aromatic N) is 1. The van der Waals surface area contributed by atoms with Gasteiger partial charge in [0.1, 0.15) is 0 Å². The highest BCUT2D eigenvalue weighted by Crippen LogP contribution is 2.20. The molecular formula is C15H14N4O6S. The number of hydrogen-bond donors (Lipinski definition) is 3. The highest BCUT2D eigenvalue weighted by molar-refractivity contribution is 7.09. The second-order valence-electron chi connectivity index (χ2n) is 4.92. The normalized spacial score (nSPS) is 10.0. The van der Waals surface area contributed by atoms with E-state index in [-0.39, 0.29) is 23.5 Å². The van der Waals surface area contributed by atoms with Crippen LogP contribution in [0.25, 0.3) is 0 Å². The number of urea groups is 1. The monoisotopic (exact) mass is 378 g/mol. The Kier molecular flexibility index (Phi) is 6.22. The number of non-ortho nitro benzene ring substituents is 1. The lowest BCUT2D eigenvalue weighted by Crippen LogP contribution is -2.41. The molecule has 0 atom stereocenters. The van der Waals surface area contributed by atoms with Crippen LogP contribution in [0.4, 0.5) is 16.2 Å². The van der Waals surface area contributed by atoms with E-state index in [1.807, 2.05) is 22.8 Å². The number of nitro benzene ring substituents is 1. The molecule has 0 spiro atoms. The molecule has 0 saturated carbocycles. The van der Waals surface area contributed by atoms with E-state index in [0.717, 1.165) is 17.0 Å². The third-order valence-corrected chi connectivity index (χ3v) is 3.93. The van der Waals surface area contributed by atoms with E-state index >= 15 is 0 Å². The molecule has 11 heteroatoms. The molecule has 0 radical (unpaired) electrons. The quantitative estimate of drug-likeness (QED) is 0.297. The summed E-state index contributed by atoms with van der Waals surface area (Å²) < 4.78 is 4.73. The summed E-state index contributed by atoms with van der Waals surface area (Å²) >= 11 is 1.44. The maximum atomic E-state index is 11.9. The largest absolute Gasteiger partial charge is 0.452 e. The van der Waals surface area contributed by atoms with Crippen molar-refractivity contribution in [1.82, 2.24) is 10.6 Å². The number of nitro groups is 1. The Balaban J connectivity index is 1.83. The maximum absolute atomic E-state index is 11.9. The highest BCUT2D eigenvalue weighted by atomic mass is 32.1. The predicted molar refractivity (Wildman–Crippen MR) is 92.5 cm³/mol. The van der Waals surface area contributed by atoms with E-state index in [1.165, 1.54) is 17.4 Å². The van der Waals surface area contributed by atoms with E-state index in [1.54, 1.807) is 0 Å². The molecular weight excluding hydrogens is 364 g/mol. The van der Waals surface area contributed by atoms with Gasteiger partial charge in [-0.3, -0.25) is 20.2 Å². The Morgan fingerprint density at radius 1 is 1.27 bits per heavy atom. The fraction of sp³-hybridized carbons (Fsp3) is 0.133. The summed E-state index contributed by atoms with van der Waals surface area (Å²) in [6.45, 7) is -0.492.